The molecule has 1 aromatic rings. The first-order chi connectivity index (χ1) is 10.7. The highest BCUT2D eigenvalue weighted by molar-refractivity contribution is 6.06. The molecule has 0 aliphatic carbocycles. The number of rotatable bonds is 4. The van der Waals surface area contributed by atoms with E-state index in [-0.39, 0.29) is 12.2 Å². The summed E-state index contributed by atoms with van der Waals surface area (Å²) in [5, 5.41) is 3.22. The van der Waals surface area contributed by atoms with Gasteiger partial charge in [-0.3, -0.25) is 14.6 Å². The largest absolute Gasteiger partial charge is 0.460 e. The van der Waals surface area contributed by atoms with Crippen LogP contribution in [-0.2, 0) is 15.1 Å². The summed E-state index contributed by atoms with van der Waals surface area (Å²) < 4.78 is 5.19. The van der Waals surface area contributed by atoms with Gasteiger partial charge in [0.25, 0.3) is 0 Å². The number of Topliss-reactive ketones (excluding diaryl/α,β-unsaturated/α-hetero) is 1. The van der Waals surface area contributed by atoms with Crippen molar-refractivity contribution in [3.8, 4) is 0 Å². The van der Waals surface area contributed by atoms with E-state index in [1.54, 1.807) is 39.1 Å². The number of dihydropyridines is 1. The lowest BCUT2D eigenvalue weighted by Gasteiger charge is -2.28. The van der Waals surface area contributed by atoms with Crippen LogP contribution in [-0.4, -0.2) is 22.3 Å². The van der Waals surface area contributed by atoms with Crippen LogP contribution in [0, 0.1) is 0 Å². The van der Waals surface area contributed by atoms with Crippen LogP contribution in [0.4, 0.5) is 0 Å². The van der Waals surface area contributed by atoms with Crippen molar-refractivity contribution in [2.24, 2.45) is 0 Å². The van der Waals surface area contributed by atoms with Gasteiger partial charge in [0.05, 0.1) is 11.2 Å². The molecular weight excluding hydrogens is 292 g/mol. The predicted octanol–water partition coefficient (Wildman–Crippen LogP) is 2.88. The number of esters is 1. The van der Waals surface area contributed by atoms with Gasteiger partial charge in [0.15, 0.2) is 5.78 Å². The molecule has 0 fully saturated rings. The van der Waals surface area contributed by atoms with Crippen LogP contribution >= 0.6 is 0 Å². The van der Waals surface area contributed by atoms with Crippen LogP contribution in [0.25, 0.3) is 0 Å². The van der Waals surface area contributed by atoms with E-state index in [2.05, 4.69) is 10.3 Å². The standard InChI is InChI=1S/C18H22N2O3/c1-17(2,3)23-16(22)12-14(21)13-7-10-19-15(11-13)18(4)8-5-6-9-20-18/h5-11,20H,12H2,1-4H3. The van der Waals surface area contributed by atoms with E-state index in [1.807, 2.05) is 31.4 Å². The third-order valence-electron chi connectivity index (χ3n) is 3.36. The lowest BCUT2D eigenvalue weighted by Crippen LogP contribution is -2.36. The Morgan fingerprint density at radius 2 is 2.04 bits per heavy atom. The number of pyridine rings is 1. The van der Waals surface area contributed by atoms with Crippen LogP contribution in [0.3, 0.4) is 0 Å². The minimum atomic E-state index is -0.600. The highest BCUT2D eigenvalue weighted by atomic mass is 16.6. The second-order valence-corrected chi connectivity index (χ2v) is 6.68. The maximum atomic E-state index is 12.3. The fourth-order valence-corrected chi connectivity index (χ4v) is 2.23. The molecule has 0 saturated carbocycles. The third-order valence-corrected chi connectivity index (χ3v) is 3.36. The Balaban J connectivity index is 2.13. The van der Waals surface area contributed by atoms with Crippen molar-refractivity contribution in [1.82, 2.24) is 10.3 Å². The summed E-state index contributed by atoms with van der Waals surface area (Å²) in [6, 6.07) is 3.32. The van der Waals surface area contributed by atoms with Gasteiger partial charge in [-0.1, -0.05) is 12.2 Å². The van der Waals surface area contributed by atoms with Crippen molar-refractivity contribution in [1.29, 1.82) is 0 Å². The Labute approximate surface area is 136 Å². The highest BCUT2D eigenvalue weighted by Gasteiger charge is 2.26. The molecule has 1 aliphatic heterocycles. The Morgan fingerprint density at radius 3 is 2.65 bits per heavy atom. The molecule has 0 radical (unpaired) electrons. The van der Waals surface area contributed by atoms with Crippen LogP contribution in [0.5, 0.6) is 0 Å². The molecule has 1 aliphatic rings. The predicted molar refractivity (Wildman–Crippen MR) is 87.8 cm³/mol. The zero-order valence-electron chi connectivity index (χ0n) is 13.9. The summed E-state index contributed by atoms with van der Waals surface area (Å²) in [5.74, 6) is -0.799. The van der Waals surface area contributed by atoms with Crippen LogP contribution < -0.4 is 5.32 Å². The molecule has 2 rings (SSSR count). The van der Waals surface area contributed by atoms with Gasteiger partial charge in [-0.2, -0.15) is 0 Å². The van der Waals surface area contributed by atoms with E-state index in [9.17, 15) is 9.59 Å². The summed E-state index contributed by atoms with van der Waals surface area (Å²) in [6.07, 6.45) is 8.91. The number of aromatic nitrogens is 1. The number of carbonyl (C=O) groups is 2. The molecule has 122 valence electrons. The fraction of sp³-hybridized carbons (Fsp3) is 0.389. The van der Waals surface area contributed by atoms with Crippen molar-refractivity contribution >= 4 is 11.8 Å². The van der Waals surface area contributed by atoms with Gasteiger partial charge in [0.1, 0.15) is 12.0 Å². The highest BCUT2D eigenvalue weighted by Crippen LogP contribution is 2.23. The lowest BCUT2D eigenvalue weighted by molar-refractivity contribution is -0.153. The van der Waals surface area contributed by atoms with Crippen LogP contribution in [0.1, 0.15) is 50.2 Å². The van der Waals surface area contributed by atoms with E-state index in [4.69, 9.17) is 4.74 Å². The summed E-state index contributed by atoms with van der Waals surface area (Å²) in [5.41, 5.74) is 0.0916. The minimum Gasteiger partial charge on any atom is -0.460 e. The topological polar surface area (TPSA) is 68.3 Å². The van der Waals surface area contributed by atoms with Crippen LogP contribution in [0.15, 0.2) is 42.8 Å². The van der Waals surface area contributed by atoms with E-state index in [1.165, 1.54) is 0 Å². The number of nitrogens with zero attached hydrogens (tertiary/aromatic N) is 1. The number of allylic oxidation sites excluding steroid dienone is 2. The Hall–Kier alpha value is -2.43. The summed E-state index contributed by atoms with van der Waals surface area (Å²) in [4.78, 5) is 28.4. The summed E-state index contributed by atoms with van der Waals surface area (Å²) in [6.45, 7) is 7.29. The summed E-state index contributed by atoms with van der Waals surface area (Å²) >= 11 is 0. The molecule has 1 unspecified atom stereocenters. The average Bonchev–Trinajstić information content (AvgIpc) is 2.46. The van der Waals surface area contributed by atoms with Gasteiger partial charge in [-0.05, 0) is 52.1 Å². The van der Waals surface area contributed by atoms with E-state index >= 15 is 0 Å². The van der Waals surface area contributed by atoms with Crippen molar-refractivity contribution in [2.45, 2.75) is 45.3 Å². The van der Waals surface area contributed by atoms with Gasteiger partial charge in [0.2, 0.25) is 0 Å². The van der Waals surface area contributed by atoms with E-state index < -0.39 is 17.1 Å². The van der Waals surface area contributed by atoms with Crippen molar-refractivity contribution in [2.75, 3.05) is 0 Å². The molecule has 23 heavy (non-hydrogen) atoms. The van der Waals surface area contributed by atoms with Crippen molar-refractivity contribution in [3.63, 3.8) is 0 Å². The second-order valence-electron chi connectivity index (χ2n) is 6.68. The van der Waals surface area contributed by atoms with Gasteiger partial charge >= 0.3 is 5.97 Å². The van der Waals surface area contributed by atoms with E-state index in [0.29, 0.717) is 11.3 Å². The first-order valence-electron chi connectivity index (χ1n) is 7.53. The first-order valence-corrected chi connectivity index (χ1v) is 7.53. The lowest BCUT2D eigenvalue weighted by atomic mass is 9.93. The van der Waals surface area contributed by atoms with Gasteiger partial charge in [-0.15, -0.1) is 0 Å². The average molecular weight is 314 g/mol. The number of ether oxygens (including phenoxy) is 1. The molecule has 1 aromatic heterocycles. The molecule has 5 heteroatoms. The van der Waals surface area contributed by atoms with Gasteiger partial charge < -0.3 is 10.1 Å². The zero-order valence-corrected chi connectivity index (χ0v) is 13.9. The fourth-order valence-electron chi connectivity index (χ4n) is 2.23. The molecule has 0 spiro atoms. The molecule has 5 nitrogen and oxygen atoms in total. The smallest absolute Gasteiger partial charge is 0.314 e. The van der Waals surface area contributed by atoms with E-state index in [0.717, 1.165) is 0 Å². The molecule has 2 heterocycles. The second kappa shape index (κ2) is 6.36. The molecule has 0 aromatic carbocycles. The van der Waals surface area contributed by atoms with Gasteiger partial charge in [0, 0.05) is 11.8 Å². The molecule has 1 atom stereocenters. The number of carbonyl (C=O) groups excluding carboxylic acids is 2. The Morgan fingerprint density at radius 1 is 1.30 bits per heavy atom. The number of ketones is 1. The van der Waals surface area contributed by atoms with Crippen molar-refractivity contribution < 1.29 is 14.3 Å². The normalized spacial score (nSPS) is 20.0. The summed E-state index contributed by atoms with van der Waals surface area (Å²) in [7, 11) is 0. The Bertz CT molecular complexity index is 671. The molecule has 0 amide bonds. The monoisotopic (exact) mass is 314 g/mol. The maximum absolute atomic E-state index is 12.3. The third kappa shape index (κ3) is 4.52. The minimum absolute atomic E-state index is 0.276. The molecule has 0 bridgehead atoms. The first kappa shape index (κ1) is 16.9. The van der Waals surface area contributed by atoms with Crippen LogP contribution in [0.2, 0.25) is 0 Å². The van der Waals surface area contributed by atoms with Crippen molar-refractivity contribution in [3.05, 3.63) is 54.0 Å². The SMILES string of the molecule is CC(C)(C)OC(=O)CC(=O)c1ccnc(C2(C)C=CC=CN2)c1. The number of hydrogen-bond donors (Lipinski definition) is 1. The molecule has 1 N–H and O–H groups in total. The zero-order chi connectivity index (χ0) is 17.1. The number of nitrogens with one attached hydrogen (secondary N) is 1. The maximum Gasteiger partial charge on any atom is 0.314 e. The number of hydrogen-bond acceptors (Lipinski definition) is 5. The molecule has 0 saturated heterocycles. The quantitative estimate of drug-likeness (QED) is 0.526. The van der Waals surface area contributed by atoms with Gasteiger partial charge in [-0.25, -0.2) is 0 Å². The Kier molecular flexibility index (Phi) is 4.68. The molecular formula is C18H22N2O3.